The topological polar surface area (TPSA) is 53.5 Å². The van der Waals surface area contributed by atoms with Gasteiger partial charge in [0.15, 0.2) is 0 Å². The maximum absolute atomic E-state index is 13.3. The van der Waals surface area contributed by atoms with Crippen molar-refractivity contribution in [3.63, 3.8) is 0 Å². The van der Waals surface area contributed by atoms with Crippen LogP contribution in [0.2, 0.25) is 0 Å². The molecule has 0 unspecified atom stereocenters. The second-order valence-electron chi connectivity index (χ2n) is 8.94. The number of pyridine rings is 1. The Hall–Kier alpha value is -2.21. The number of hydrogen-bond acceptors (Lipinski definition) is 3. The zero-order valence-corrected chi connectivity index (χ0v) is 19.9. The predicted octanol–water partition coefficient (Wildman–Crippen LogP) is 5.04. The minimum atomic E-state index is 0.0655. The number of nitrogens with zero attached hydrogens (tertiary/aromatic N) is 3. The fraction of sp³-hybridized carbons (Fsp3) is 0.480. The molecule has 4 rings (SSSR count). The van der Waals surface area contributed by atoms with Crippen molar-refractivity contribution in [3.05, 3.63) is 63.4 Å². The number of carbonyl (C=O) groups is 2. The summed E-state index contributed by atoms with van der Waals surface area (Å²) < 4.78 is 0.910. The van der Waals surface area contributed by atoms with E-state index in [9.17, 15) is 9.59 Å². The summed E-state index contributed by atoms with van der Waals surface area (Å²) in [6, 6.07) is 11.4. The number of carbonyl (C=O) groups excluding carboxylic acids is 2. The van der Waals surface area contributed by atoms with Gasteiger partial charge in [0.25, 0.3) is 11.8 Å². The average molecular weight is 484 g/mol. The van der Waals surface area contributed by atoms with Crippen LogP contribution in [0.15, 0.2) is 40.9 Å². The number of benzene rings is 1. The van der Waals surface area contributed by atoms with Crippen LogP contribution in [0.4, 0.5) is 0 Å². The molecule has 2 amide bonds. The molecule has 3 heterocycles. The summed E-state index contributed by atoms with van der Waals surface area (Å²) in [5, 5.41) is 0. The Morgan fingerprint density at radius 2 is 1.58 bits per heavy atom. The van der Waals surface area contributed by atoms with Gasteiger partial charge in [-0.1, -0.05) is 28.9 Å². The van der Waals surface area contributed by atoms with Gasteiger partial charge in [-0.3, -0.25) is 14.6 Å². The highest BCUT2D eigenvalue weighted by molar-refractivity contribution is 9.10. The summed E-state index contributed by atoms with van der Waals surface area (Å²) in [6.45, 7) is 7.25. The summed E-state index contributed by atoms with van der Waals surface area (Å²) >= 11 is 3.44. The molecule has 0 saturated carbocycles. The summed E-state index contributed by atoms with van der Waals surface area (Å²) in [5.41, 5.74) is 3.30. The SMILES string of the molecule is Cc1ccc(C(=O)N2CCC(C)CC2)c(C2CCN(C(=O)c3cccc(Br)c3)CC2)n1. The highest BCUT2D eigenvalue weighted by Gasteiger charge is 2.30. The first-order chi connectivity index (χ1) is 14.9. The third kappa shape index (κ3) is 5.00. The van der Waals surface area contributed by atoms with Crippen molar-refractivity contribution < 1.29 is 9.59 Å². The van der Waals surface area contributed by atoms with Crippen LogP contribution in [0.5, 0.6) is 0 Å². The molecule has 2 aliphatic rings. The Bertz CT molecular complexity index is 961. The highest BCUT2D eigenvalue weighted by Crippen LogP contribution is 2.31. The normalized spacial score (nSPS) is 18.3. The first-order valence-electron chi connectivity index (χ1n) is 11.2. The van der Waals surface area contributed by atoms with Crippen molar-refractivity contribution in [2.75, 3.05) is 26.2 Å². The highest BCUT2D eigenvalue weighted by atomic mass is 79.9. The van der Waals surface area contributed by atoms with E-state index < -0.39 is 0 Å². The van der Waals surface area contributed by atoms with E-state index in [0.717, 1.165) is 60.2 Å². The number of aromatic nitrogens is 1. The zero-order chi connectivity index (χ0) is 22.0. The lowest BCUT2D eigenvalue weighted by Gasteiger charge is -2.34. The van der Waals surface area contributed by atoms with Gasteiger partial charge in [-0.05, 0) is 68.9 Å². The maximum Gasteiger partial charge on any atom is 0.255 e. The Morgan fingerprint density at radius 3 is 2.26 bits per heavy atom. The molecule has 0 spiro atoms. The van der Waals surface area contributed by atoms with Crippen molar-refractivity contribution in [2.24, 2.45) is 5.92 Å². The van der Waals surface area contributed by atoms with Gasteiger partial charge in [-0.25, -0.2) is 0 Å². The number of hydrogen-bond donors (Lipinski definition) is 0. The van der Waals surface area contributed by atoms with Crippen molar-refractivity contribution in [2.45, 2.75) is 45.4 Å². The summed E-state index contributed by atoms with van der Waals surface area (Å²) in [5.74, 6) is 1.07. The molecule has 5 nitrogen and oxygen atoms in total. The lowest BCUT2D eigenvalue weighted by atomic mass is 9.89. The predicted molar refractivity (Wildman–Crippen MR) is 125 cm³/mol. The van der Waals surface area contributed by atoms with Crippen LogP contribution < -0.4 is 0 Å². The smallest absolute Gasteiger partial charge is 0.255 e. The van der Waals surface area contributed by atoms with Gasteiger partial charge in [0.1, 0.15) is 0 Å². The van der Waals surface area contributed by atoms with E-state index in [1.54, 1.807) is 0 Å². The Labute approximate surface area is 193 Å². The third-order valence-electron chi connectivity index (χ3n) is 6.61. The first-order valence-corrected chi connectivity index (χ1v) is 12.0. The average Bonchev–Trinajstić information content (AvgIpc) is 2.79. The standard InChI is InChI=1S/C25H30BrN3O2/c1-17-8-12-29(13-9-17)25(31)22-7-6-18(2)27-23(22)19-10-14-28(15-11-19)24(30)20-4-3-5-21(26)16-20/h3-7,16-17,19H,8-15H2,1-2H3. The second kappa shape index (κ2) is 9.51. The molecular formula is C25H30BrN3O2. The molecule has 1 aromatic carbocycles. The van der Waals surface area contributed by atoms with Crippen LogP contribution in [0.3, 0.4) is 0 Å². The minimum Gasteiger partial charge on any atom is -0.339 e. The number of halogens is 1. The second-order valence-corrected chi connectivity index (χ2v) is 9.85. The van der Waals surface area contributed by atoms with E-state index in [-0.39, 0.29) is 17.7 Å². The van der Waals surface area contributed by atoms with Gasteiger partial charge in [0, 0.05) is 47.8 Å². The summed E-state index contributed by atoms with van der Waals surface area (Å²) in [4.78, 5) is 34.9. The Kier molecular flexibility index (Phi) is 6.75. The molecule has 2 aromatic rings. The van der Waals surface area contributed by atoms with Crippen LogP contribution in [0, 0.1) is 12.8 Å². The van der Waals surface area contributed by atoms with E-state index in [0.29, 0.717) is 24.6 Å². The molecule has 2 fully saturated rings. The van der Waals surface area contributed by atoms with E-state index in [2.05, 4.69) is 22.9 Å². The van der Waals surface area contributed by atoms with Crippen LogP contribution in [-0.2, 0) is 0 Å². The van der Waals surface area contributed by atoms with Gasteiger partial charge in [0.2, 0.25) is 0 Å². The molecule has 0 atom stereocenters. The molecule has 6 heteroatoms. The lowest BCUT2D eigenvalue weighted by Crippen LogP contribution is -2.40. The van der Waals surface area contributed by atoms with Crippen LogP contribution in [0.1, 0.15) is 70.6 Å². The van der Waals surface area contributed by atoms with Crippen LogP contribution in [0.25, 0.3) is 0 Å². The molecule has 164 valence electrons. The van der Waals surface area contributed by atoms with Crippen molar-refractivity contribution in [1.82, 2.24) is 14.8 Å². The monoisotopic (exact) mass is 483 g/mol. The Morgan fingerprint density at radius 1 is 0.935 bits per heavy atom. The molecule has 0 radical (unpaired) electrons. The van der Waals surface area contributed by atoms with Crippen LogP contribution in [-0.4, -0.2) is 52.8 Å². The van der Waals surface area contributed by atoms with Gasteiger partial charge in [-0.2, -0.15) is 0 Å². The largest absolute Gasteiger partial charge is 0.339 e. The first kappa shape index (κ1) is 22.0. The fourth-order valence-electron chi connectivity index (χ4n) is 4.61. The fourth-order valence-corrected chi connectivity index (χ4v) is 5.01. The minimum absolute atomic E-state index is 0.0655. The summed E-state index contributed by atoms with van der Waals surface area (Å²) in [6.07, 6.45) is 3.79. The van der Waals surface area contributed by atoms with Gasteiger partial charge >= 0.3 is 0 Å². The molecule has 1 aromatic heterocycles. The third-order valence-corrected chi connectivity index (χ3v) is 7.10. The van der Waals surface area contributed by atoms with E-state index >= 15 is 0 Å². The number of rotatable bonds is 3. The number of amides is 2. The van der Waals surface area contributed by atoms with Crippen molar-refractivity contribution in [3.8, 4) is 0 Å². The van der Waals surface area contributed by atoms with E-state index in [1.807, 2.05) is 53.1 Å². The molecule has 0 aliphatic carbocycles. The quantitative estimate of drug-likeness (QED) is 0.613. The molecule has 2 aliphatic heterocycles. The zero-order valence-electron chi connectivity index (χ0n) is 18.3. The van der Waals surface area contributed by atoms with Crippen LogP contribution >= 0.6 is 15.9 Å². The van der Waals surface area contributed by atoms with E-state index in [4.69, 9.17) is 4.98 Å². The maximum atomic E-state index is 13.3. The van der Waals surface area contributed by atoms with Crippen molar-refractivity contribution >= 4 is 27.7 Å². The molecule has 2 saturated heterocycles. The number of likely N-dealkylation sites (tertiary alicyclic amines) is 2. The Balaban J connectivity index is 1.47. The molecule has 31 heavy (non-hydrogen) atoms. The molecule has 0 N–H and O–H groups in total. The number of piperidine rings is 2. The molecular weight excluding hydrogens is 454 g/mol. The van der Waals surface area contributed by atoms with Gasteiger partial charge in [0.05, 0.1) is 11.3 Å². The van der Waals surface area contributed by atoms with Crippen molar-refractivity contribution in [1.29, 1.82) is 0 Å². The lowest BCUT2D eigenvalue weighted by molar-refractivity contribution is 0.0681. The van der Waals surface area contributed by atoms with Gasteiger partial charge < -0.3 is 9.80 Å². The van der Waals surface area contributed by atoms with E-state index in [1.165, 1.54) is 0 Å². The molecule has 0 bridgehead atoms. The van der Waals surface area contributed by atoms with Gasteiger partial charge in [-0.15, -0.1) is 0 Å². The summed E-state index contributed by atoms with van der Waals surface area (Å²) in [7, 11) is 0. The number of aryl methyl sites for hydroxylation is 1.